The molecule has 0 saturated carbocycles. The Morgan fingerprint density at radius 1 is 1.52 bits per heavy atom. The number of amides is 1. The molecule has 0 fully saturated rings. The van der Waals surface area contributed by atoms with Crippen LogP contribution in [0, 0.1) is 17.0 Å². The quantitative estimate of drug-likeness (QED) is 0.520. The first-order valence-corrected chi connectivity index (χ1v) is 7.34. The smallest absolute Gasteiger partial charge is 0.343 e. The van der Waals surface area contributed by atoms with E-state index in [9.17, 15) is 14.9 Å². The summed E-state index contributed by atoms with van der Waals surface area (Å²) in [4.78, 5) is 27.2. The molecule has 1 aromatic carbocycles. The Balaban J connectivity index is 2.11. The van der Waals surface area contributed by atoms with Gasteiger partial charge >= 0.3 is 5.82 Å². The van der Waals surface area contributed by atoms with Gasteiger partial charge in [-0.3, -0.25) is 4.79 Å². The summed E-state index contributed by atoms with van der Waals surface area (Å²) in [6.07, 6.45) is 3.09. The molecule has 0 radical (unpaired) electrons. The molecule has 0 saturated heterocycles. The van der Waals surface area contributed by atoms with Gasteiger partial charge in [0.15, 0.2) is 12.4 Å². The molecule has 1 aromatic heterocycles. The van der Waals surface area contributed by atoms with Crippen molar-refractivity contribution in [2.75, 3.05) is 11.6 Å². The van der Waals surface area contributed by atoms with Gasteiger partial charge in [0.25, 0.3) is 5.91 Å². The van der Waals surface area contributed by atoms with E-state index >= 15 is 0 Å². The zero-order valence-electron chi connectivity index (χ0n) is 11.6. The van der Waals surface area contributed by atoms with E-state index in [0.717, 1.165) is 11.1 Å². The summed E-state index contributed by atoms with van der Waals surface area (Å²) in [5.74, 6) is -0.104. The average Bonchev–Trinajstić information content (AvgIpc) is 2.80. The van der Waals surface area contributed by atoms with E-state index in [1.54, 1.807) is 24.8 Å². The fourth-order valence-electron chi connectivity index (χ4n) is 1.84. The highest BCUT2D eigenvalue weighted by Gasteiger charge is 2.20. The molecule has 0 aliphatic rings. The van der Waals surface area contributed by atoms with Crippen molar-refractivity contribution in [1.82, 2.24) is 9.55 Å². The maximum atomic E-state index is 12.0. The van der Waals surface area contributed by atoms with Crippen molar-refractivity contribution in [2.45, 2.75) is 18.4 Å². The minimum atomic E-state index is -0.554. The van der Waals surface area contributed by atoms with E-state index in [1.165, 1.54) is 4.57 Å². The molecule has 21 heavy (non-hydrogen) atoms. The van der Waals surface area contributed by atoms with Crippen LogP contribution in [0.25, 0.3) is 0 Å². The van der Waals surface area contributed by atoms with Crippen LogP contribution in [0.3, 0.4) is 0 Å². The second-order valence-corrected chi connectivity index (χ2v) is 5.17. The number of nitrogens with one attached hydrogen (secondary N) is 1. The molecular weight excluding hydrogens is 292 g/mol. The van der Waals surface area contributed by atoms with Gasteiger partial charge in [-0.25, -0.2) is 9.55 Å². The number of imidazole rings is 1. The van der Waals surface area contributed by atoms with E-state index in [0.29, 0.717) is 11.5 Å². The molecule has 8 heteroatoms. The second-order valence-electron chi connectivity index (χ2n) is 4.29. The lowest BCUT2D eigenvalue weighted by Crippen LogP contribution is -2.20. The number of hydrogen-bond acceptors (Lipinski definition) is 5. The van der Waals surface area contributed by atoms with Gasteiger partial charge in [-0.1, -0.05) is 6.07 Å². The van der Waals surface area contributed by atoms with Gasteiger partial charge in [0.05, 0.1) is 0 Å². The normalized spacial score (nSPS) is 10.4. The molecule has 1 heterocycles. The molecule has 0 spiro atoms. The summed E-state index contributed by atoms with van der Waals surface area (Å²) in [5, 5.41) is 13.6. The number of thioether (sulfide) groups is 1. The summed E-state index contributed by atoms with van der Waals surface area (Å²) in [6.45, 7) is 1.47. The van der Waals surface area contributed by atoms with E-state index in [-0.39, 0.29) is 18.3 Å². The highest BCUT2D eigenvalue weighted by Crippen LogP contribution is 2.19. The summed E-state index contributed by atoms with van der Waals surface area (Å²) in [5.41, 5.74) is 0.660. The lowest BCUT2D eigenvalue weighted by Gasteiger charge is -2.06. The number of nitro groups is 1. The van der Waals surface area contributed by atoms with Crippen LogP contribution in [-0.2, 0) is 11.3 Å². The zero-order chi connectivity index (χ0) is 15.4. The number of nitrogens with zero attached hydrogens (tertiary/aromatic N) is 3. The van der Waals surface area contributed by atoms with Crippen LogP contribution < -0.4 is 5.32 Å². The van der Waals surface area contributed by atoms with Crippen molar-refractivity contribution < 1.29 is 9.72 Å². The molecule has 0 bridgehead atoms. The van der Waals surface area contributed by atoms with Gasteiger partial charge in [-0.05, 0) is 29.4 Å². The number of carbonyl (C=O) groups excluding carboxylic acids is 1. The third kappa shape index (κ3) is 3.60. The second kappa shape index (κ2) is 6.40. The van der Waals surface area contributed by atoms with E-state index in [2.05, 4.69) is 10.3 Å². The Kier molecular flexibility index (Phi) is 4.59. The monoisotopic (exact) mass is 306 g/mol. The molecular formula is C13H14N4O3S. The SMILES string of the molecule is CSc1cccc(NC(=O)Cn2c([N+](=O)[O-])cnc2C)c1. The van der Waals surface area contributed by atoms with Crippen molar-refractivity contribution >= 4 is 29.2 Å². The number of benzene rings is 1. The molecule has 0 atom stereocenters. The van der Waals surface area contributed by atoms with Gasteiger partial charge in [0.1, 0.15) is 6.20 Å². The predicted octanol–water partition coefficient (Wildman–Crippen LogP) is 2.46. The number of aromatic nitrogens is 2. The molecule has 0 aliphatic heterocycles. The van der Waals surface area contributed by atoms with Crippen molar-refractivity contribution in [2.24, 2.45) is 0 Å². The number of anilines is 1. The average molecular weight is 306 g/mol. The minimum absolute atomic E-state index is 0.147. The Labute approximate surface area is 125 Å². The van der Waals surface area contributed by atoms with Crippen LogP contribution in [0.2, 0.25) is 0 Å². The number of carbonyl (C=O) groups is 1. The highest BCUT2D eigenvalue weighted by molar-refractivity contribution is 7.98. The topological polar surface area (TPSA) is 90.1 Å². The van der Waals surface area contributed by atoms with Crippen LogP contribution in [0.1, 0.15) is 5.82 Å². The lowest BCUT2D eigenvalue weighted by atomic mass is 10.3. The Hall–Kier alpha value is -2.35. The molecule has 1 N–H and O–H groups in total. The molecule has 7 nitrogen and oxygen atoms in total. The first-order chi connectivity index (χ1) is 10.0. The first-order valence-electron chi connectivity index (χ1n) is 6.11. The molecule has 2 rings (SSSR count). The van der Waals surface area contributed by atoms with E-state index in [1.807, 2.05) is 24.5 Å². The van der Waals surface area contributed by atoms with Crippen LogP contribution in [0.4, 0.5) is 11.5 Å². The maximum Gasteiger partial charge on any atom is 0.343 e. The molecule has 2 aromatic rings. The Morgan fingerprint density at radius 2 is 2.29 bits per heavy atom. The summed E-state index contributed by atoms with van der Waals surface area (Å²) >= 11 is 1.57. The van der Waals surface area contributed by atoms with E-state index < -0.39 is 4.92 Å². The van der Waals surface area contributed by atoms with Gasteiger partial charge < -0.3 is 15.4 Å². The third-order valence-corrected chi connectivity index (χ3v) is 3.60. The van der Waals surface area contributed by atoms with Gasteiger partial charge in [0.2, 0.25) is 0 Å². The van der Waals surface area contributed by atoms with Gasteiger partial charge in [-0.2, -0.15) is 0 Å². The summed E-state index contributed by atoms with van der Waals surface area (Å²) in [6, 6.07) is 7.39. The van der Waals surface area contributed by atoms with Crippen LogP contribution in [0.15, 0.2) is 35.4 Å². The maximum absolute atomic E-state index is 12.0. The first kappa shape index (κ1) is 15.0. The highest BCUT2D eigenvalue weighted by atomic mass is 32.2. The Bertz CT molecular complexity index is 684. The molecule has 0 aliphatic carbocycles. The van der Waals surface area contributed by atoms with Crippen LogP contribution >= 0.6 is 11.8 Å². The molecule has 1 amide bonds. The number of aryl methyl sites for hydroxylation is 1. The fourth-order valence-corrected chi connectivity index (χ4v) is 2.30. The van der Waals surface area contributed by atoms with Crippen LogP contribution in [-0.4, -0.2) is 26.6 Å². The van der Waals surface area contributed by atoms with Gasteiger partial charge in [-0.15, -0.1) is 11.8 Å². The van der Waals surface area contributed by atoms with Crippen molar-refractivity contribution in [3.05, 3.63) is 46.4 Å². The number of rotatable bonds is 5. The number of hydrogen-bond donors (Lipinski definition) is 1. The standard InChI is InChI=1S/C13H14N4O3S/c1-9-14-7-13(17(19)20)16(9)8-12(18)15-10-4-3-5-11(6-10)21-2/h3-7H,8H2,1-2H3,(H,15,18). The van der Waals surface area contributed by atoms with Crippen molar-refractivity contribution in [3.8, 4) is 0 Å². The molecule has 110 valence electrons. The molecule has 0 unspecified atom stereocenters. The lowest BCUT2D eigenvalue weighted by molar-refractivity contribution is -0.392. The fraction of sp³-hybridized carbons (Fsp3) is 0.231. The Morgan fingerprint density at radius 3 is 2.95 bits per heavy atom. The van der Waals surface area contributed by atoms with E-state index in [4.69, 9.17) is 0 Å². The largest absolute Gasteiger partial charge is 0.358 e. The summed E-state index contributed by atoms with van der Waals surface area (Å²) < 4.78 is 1.27. The third-order valence-electron chi connectivity index (χ3n) is 2.88. The zero-order valence-corrected chi connectivity index (χ0v) is 12.4. The van der Waals surface area contributed by atoms with Crippen molar-refractivity contribution in [3.63, 3.8) is 0 Å². The predicted molar refractivity (Wildman–Crippen MR) is 80.5 cm³/mol. The van der Waals surface area contributed by atoms with Crippen molar-refractivity contribution in [1.29, 1.82) is 0 Å². The minimum Gasteiger partial charge on any atom is -0.358 e. The van der Waals surface area contributed by atoms with Crippen LogP contribution in [0.5, 0.6) is 0 Å². The van der Waals surface area contributed by atoms with Gasteiger partial charge in [0, 0.05) is 17.5 Å². The summed E-state index contributed by atoms with van der Waals surface area (Å²) in [7, 11) is 0.